The monoisotopic (exact) mass is 413 g/mol. The fourth-order valence-electron chi connectivity index (χ4n) is 3.63. The smallest absolute Gasteiger partial charge is 0.234 e. The van der Waals surface area contributed by atoms with Gasteiger partial charge >= 0.3 is 0 Å². The summed E-state index contributed by atoms with van der Waals surface area (Å²) >= 11 is 1.72. The molecule has 0 aliphatic heterocycles. The first-order valence-corrected chi connectivity index (χ1v) is 10.4. The van der Waals surface area contributed by atoms with Crippen LogP contribution in [0.5, 0.6) is 0 Å². The van der Waals surface area contributed by atoms with Gasteiger partial charge in [0.1, 0.15) is 11.8 Å². The highest BCUT2D eigenvalue weighted by Gasteiger charge is 2.13. The fraction of sp³-hybridized carbons (Fsp3) is 0.0870. The highest BCUT2D eigenvalue weighted by molar-refractivity contribution is 7.13. The third kappa shape index (κ3) is 3.24. The second-order valence-corrected chi connectivity index (χ2v) is 8.14. The van der Waals surface area contributed by atoms with Gasteiger partial charge in [0.2, 0.25) is 5.91 Å². The topological polar surface area (TPSA) is 99.8 Å². The van der Waals surface area contributed by atoms with E-state index in [1.165, 1.54) is 4.88 Å². The predicted octanol–water partition coefficient (Wildman–Crippen LogP) is 3.66. The van der Waals surface area contributed by atoms with E-state index in [1.54, 1.807) is 17.5 Å². The van der Waals surface area contributed by atoms with Crippen LogP contribution in [0.1, 0.15) is 5.56 Å². The van der Waals surface area contributed by atoms with Crippen LogP contribution in [0.2, 0.25) is 0 Å². The summed E-state index contributed by atoms with van der Waals surface area (Å²) in [6.07, 6.45) is 4.03. The molecule has 148 valence electrons. The van der Waals surface area contributed by atoms with E-state index in [-0.39, 0.29) is 0 Å². The molecule has 1 unspecified atom stereocenters. The lowest BCUT2D eigenvalue weighted by atomic mass is 10.1. The molecule has 0 bridgehead atoms. The molecule has 0 radical (unpaired) electrons. The summed E-state index contributed by atoms with van der Waals surface area (Å²) in [6.45, 7) is 0. The molecule has 0 fully saturated rings. The van der Waals surface area contributed by atoms with Gasteiger partial charge in [-0.25, -0.2) is 4.98 Å². The number of carbonyl (C=O) groups excluding carboxylic acids is 1. The highest BCUT2D eigenvalue weighted by atomic mass is 32.1. The molecule has 1 amide bonds. The minimum atomic E-state index is -0.685. The van der Waals surface area contributed by atoms with Crippen molar-refractivity contribution in [1.29, 1.82) is 0 Å². The minimum Gasteiger partial charge on any atom is -0.368 e. The number of imidazole rings is 1. The number of aromatic nitrogens is 3. The molecule has 0 saturated heterocycles. The van der Waals surface area contributed by atoms with Crippen molar-refractivity contribution < 1.29 is 4.79 Å². The van der Waals surface area contributed by atoms with E-state index < -0.39 is 11.9 Å². The summed E-state index contributed by atoms with van der Waals surface area (Å²) < 4.78 is 2.06. The van der Waals surface area contributed by atoms with Gasteiger partial charge in [0.25, 0.3) is 0 Å². The molecule has 6 nitrogen and oxygen atoms in total. The van der Waals surface area contributed by atoms with Gasteiger partial charge in [0.15, 0.2) is 0 Å². The number of pyridine rings is 1. The Morgan fingerprint density at radius 3 is 2.63 bits per heavy atom. The quantitative estimate of drug-likeness (QED) is 0.459. The molecule has 2 aromatic carbocycles. The van der Waals surface area contributed by atoms with E-state index in [0.29, 0.717) is 6.42 Å². The average molecular weight is 414 g/mol. The van der Waals surface area contributed by atoms with Crippen LogP contribution in [-0.4, -0.2) is 26.5 Å². The number of fused-ring (bicyclic) bond motifs is 3. The maximum atomic E-state index is 11.2. The molecular formula is C23H19N5OS. The number of rotatable bonds is 5. The molecule has 5 rings (SSSR count). The number of amides is 1. The molecule has 0 aliphatic rings. The molecule has 7 heteroatoms. The van der Waals surface area contributed by atoms with E-state index in [4.69, 9.17) is 11.5 Å². The Kier molecular flexibility index (Phi) is 4.54. The lowest BCUT2D eigenvalue weighted by Gasteiger charge is -2.10. The fourth-order valence-corrected chi connectivity index (χ4v) is 4.36. The highest BCUT2D eigenvalue weighted by Crippen LogP contribution is 2.31. The van der Waals surface area contributed by atoms with Crippen LogP contribution in [0.15, 0.2) is 72.5 Å². The lowest BCUT2D eigenvalue weighted by molar-refractivity contribution is -0.119. The van der Waals surface area contributed by atoms with E-state index in [2.05, 4.69) is 50.2 Å². The van der Waals surface area contributed by atoms with Crippen molar-refractivity contribution in [3.63, 3.8) is 0 Å². The van der Waals surface area contributed by atoms with Gasteiger partial charge in [-0.15, -0.1) is 11.3 Å². The molecule has 30 heavy (non-hydrogen) atoms. The number of benzene rings is 2. The van der Waals surface area contributed by atoms with Crippen molar-refractivity contribution in [2.75, 3.05) is 0 Å². The molecule has 3 heterocycles. The van der Waals surface area contributed by atoms with E-state index in [0.717, 1.165) is 38.8 Å². The molecule has 3 aromatic heterocycles. The number of hydrogen-bond acceptors (Lipinski definition) is 5. The molecular weight excluding hydrogens is 394 g/mol. The third-order valence-electron chi connectivity index (χ3n) is 5.21. The van der Waals surface area contributed by atoms with Crippen LogP contribution < -0.4 is 11.5 Å². The Bertz CT molecular complexity index is 1360. The second-order valence-electron chi connectivity index (χ2n) is 7.20. The van der Waals surface area contributed by atoms with Crippen LogP contribution >= 0.6 is 11.3 Å². The van der Waals surface area contributed by atoms with Crippen LogP contribution in [-0.2, 0) is 11.2 Å². The van der Waals surface area contributed by atoms with Crippen molar-refractivity contribution in [2.24, 2.45) is 11.5 Å². The van der Waals surface area contributed by atoms with Crippen LogP contribution in [0.25, 0.3) is 38.1 Å². The number of primary amides is 1. The number of thiophene rings is 1. The Morgan fingerprint density at radius 1 is 1.07 bits per heavy atom. The number of carbonyl (C=O) groups is 1. The van der Waals surface area contributed by atoms with Crippen molar-refractivity contribution >= 4 is 39.2 Å². The van der Waals surface area contributed by atoms with Crippen molar-refractivity contribution in [3.8, 4) is 16.1 Å². The van der Waals surface area contributed by atoms with Crippen LogP contribution in [0.3, 0.4) is 0 Å². The summed E-state index contributed by atoms with van der Waals surface area (Å²) in [5.41, 5.74) is 16.9. The predicted molar refractivity (Wildman–Crippen MR) is 121 cm³/mol. The zero-order valence-electron chi connectivity index (χ0n) is 16.0. The van der Waals surface area contributed by atoms with Crippen molar-refractivity contribution in [2.45, 2.75) is 12.5 Å². The van der Waals surface area contributed by atoms with Gasteiger partial charge in [-0.3, -0.25) is 14.3 Å². The van der Waals surface area contributed by atoms with Crippen molar-refractivity contribution in [3.05, 3.63) is 78.1 Å². The molecule has 1 atom stereocenters. The van der Waals surface area contributed by atoms with Gasteiger partial charge in [-0.2, -0.15) is 0 Å². The van der Waals surface area contributed by atoms with E-state index in [1.807, 2.05) is 30.6 Å². The van der Waals surface area contributed by atoms with Crippen LogP contribution in [0, 0.1) is 0 Å². The zero-order valence-corrected chi connectivity index (χ0v) is 16.8. The molecule has 0 aliphatic carbocycles. The minimum absolute atomic E-state index is 0.414. The Balaban J connectivity index is 1.61. The molecule has 5 aromatic rings. The standard InChI is InChI=1S/C23H19N5OS/c24-18(23(25)29)10-14-3-6-16(7-4-14)28-13-27-20-12-26-19-8-5-15(11-17(19)22(20)28)21-2-1-9-30-21/h1-9,11-13,18H,10,24H2,(H2,25,29). The van der Waals surface area contributed by atoms with Crippen molar-refractivity contribution in [1.82, 2.24) is 14.5 Å². The Hall–Kier alpha value is -3.55. The van der Waals surface area contributed by atoms with Gasteiger partial charge in [0.05, 0.1) is 23.3 Å². The summed E-state index contributed by atoms with van der Waals surface area (Å²) in [5.74, 6) is -0.500. The molecule has 0 saturated carbocycles. The summed E-state index contributed by atoms with van der Waals surface area (Å²) in [4.78, 5) is 21.6. The first-order valence-electron chi connectivity index (χ1n) is 9.54. The number of nitrogens with zero attached hydrogens (tertiary/aromatic N) is 3. The Labute approximate surface area is 176 Å². The third-order valence-corrected chi connectivity index (χ3v) is 6.13. The Morgan fingerprint density at radius 2 is 1.90 bits per heavy atom. The maximum Gasteiger partial charge on any atom is 0.234 e. The second kappa shape index (κ2) is 7.37. The first-order chi connectivity index (χ1) is 14.6. The number of nitrogens with two attached hydrogens (primary N) is 2. The SMILES string of the molecule is NC(=O)C(N)Cc1ccc(-n2cnc3cnc4ccc(-c5cccs5)cc4c32)cc1. The largest absolute Gasteiger partial charge is 0.368 e. The maximum absolute atomic E-state index is 11.2. The summed E-state index contributed by atoms with van der Waals surface area (Å²) in [5, 5.41) is 3.13. The van der Waals surface area contributed by atoms with E-state index in [9.17, 15) is 4.79 Å². The van der Waals surface area contributed by atoms with Crippen LogP contribution in [0.4, 0.5) is 0 Å². The van der Waals surface area contributed by atoms with E-state index >= 15 is 0 Å². The summed E-state index contributed by atoms with van der Waals surface area (Å²) in [7, 11) is 0. The van der Waals surface area contributed by atoms with Gasteiger partial charge < -0.3 is 11.5 Å². The lowest BCUT2D eigenvalue weighted by Crippen LogP contribution is -2.38. The molecule has 0 spiro atoms. The van der Waals surface area contributed by atoms with Gasteiger partial charge in [0, 0.05) is 16.0 Å². The van der Waals surface area contributed by atoms with Gasteiger partial charge in [-0.05, 0) is 53.3 Å². The molecule has 4 N–H and O–H groups in total. The summed E-state index contributed by atoms with van der Waals surface area (Å²) in [6, 6.07) is 17.7. The first kappa shape index (κ1) is 18.5. The number of hydrogen-bond donors (Lipinski definition) is 2. The normalized spacial score (nSPS) is 12.4. The average Bonchev–Trinajstić information content (AvgIpc) is 3.44. The van der Waals surface area contributed by atoms with Gasteiger partial charge in [-0.1, -0.05) is 24.3 Å². The zero-order chi connectivity index (χ0) is 20.7.